The van der Waals surface area contributed by atoms with Crippen molar-refractivity contribution in [3.63, 3.8) is 0 Å². The standard InChI is InChI=1S/C19H31N3S.ClH/c1-15-7-9-16(10-8-15)11-23-17-20-13-22(14-21-17)19(5,6)12-18(2,3)4;/h7-10H,11-14H2,1-6H3,(H,20,21);1H. The molecule has 1 aliphatic rings. The van der Waals surface area contributed by atoms with Crippen LogP contribution in [-0.2, 0) is 5.75 Å². The van der Waals surface area contributed by atoms with E-state index in [2.05, 4.69) is 76.0 Å². The highest BCUT2D eigenvalue weighted by Gasteiger charge is 2.32. The summed E-state index contributed by atoms with van der Waals surface area (Å²) >= 11 is 1.79. The molecule has 136 valence electrons. The van der Waals surface area contributed by atoms with Crippen molar-refractivity contribution in [1.29, 1.82) is 0 Å². The molecule has 0 saturated heterocycles. The van der Waals surface area contributed by atoms with Crippen LogP contribution in [0.25, 0.3) is 0 Å². The molecule has 1 aromatic carbocycles. The average molecular weight is 370 g/mol. The summed E-state index contributed by atoms with van der Waals surface area (Å²) in [6.45, 7) is 15.3. The second-order valence-electron chi connectivity index (χ2n) is 8.30. The third-order valence-corrected chi connectivity index (χ3v) is 5.15. The van der Waals surface area contributed by atoms with Gasteiger partial charge >= 0.3 is 0 Å². The number of aliphatic imine (C=N–C) groups is 1. The number of halogens is 1. The fourth-order valence-corrected chi connectivity index (χ4v) is 3.98. The smallest absolute Gasteiger partial charge is 0.159 e. The number of aryl methyl sites for hydroxylation is 1. The lowest BCUT2D eigenvalue weighted by Gasteiger charge is -2.43. The SMILES string of the molecule is Cc1ccc(CSC2=NCN(C(C)(C)CC(C)(C)C)CN2)cc1.Cl. The quantitative estimate of drug-likeness (QED) is 0.805. The zero-order valence-electron chi connectivity index (χ0n) is 15.8. The number of hydrogen-bond donors (Lipinski definition) is 1. The molecule has 0 atom stereocenters. The van der Waals surface area contributed by atoms with Gasteiger partial charge in [-0.1, -0.05) is 62.4 Å². The van der Waals surface area contributed by atoms with Gasteiger partial charge in [0.1, 0.15) is 0 Å². The summed E-state index contributed by atoms with van der Waals surface area (Å²) in [5, 5.41) is 4.54. The maximum atomic E-state index is 4.73. The summed E-state index contributed by atoms with van der Waals surface area (Å²) in [6.07, 6.45) is 1.16. The van der Waals surface area contributed by atoms with E-state index in [1.807, 2.05) is 0 Å². The molecule has 5 heteroatoms. The van der Waals surface area contributed by atoms with E-state index in [1.165, 1.54) is 11.1 Å². The second kappa shape index (κ2) is 8.59. The van der Waals surface area contributed by atoms with E-state index in [0.29, 0.717) is 5.41 Å². The van der Waals surface area contributed by atoms with Gasteiger partial charge in [-0.3, -0.25) is 4.90 Å². The number of hydrogen-bond acceptors (Lipinski definition) is 4. The minimum absolute atomic E-state index is 0. The summed E-state index contributed by atoms with van der Waals surface area (Å²) in [5.41, 5.74) is 3.14. The minimum atomic E-state index is 0. The van der Waals surface area contributed by atoms with E-state index in [-0.39, 0.29) is 17.9 Å². The van der Waals surface area contributed by atoms with Gasteiger partial charge in [-0.2, -0.15) is 0 Å². The Morgan fingerprint density at radius 1 is 1.12 bits per heavy atom. The lowest BCUT2D eigenvalue weighted by atomic mass is 9.81. The van der Waals surface area contributed by atoms with E-state index >= 15 is 0 Å². The van der Waals surface area contributed by atoms with E-state index in [0.717, 1.165) is 30.7 Å². The zero-order valence-corrected chi connectivity index (χ0v) is 17.5. The van der Waals surface area contributed by atoms with Crippen LogP contribution in [0.15, 0.2) is 29.3 Å². The maximum absolute atomic E-state index is 4.73. The predicted molar refractivity (Wildman–Crippen MR) is 110 cm³/mol. The van der Waals surface area contributed by atoms with Crippen molar-refractivity contribution >= 4 is 29.3 Å². The van der Waals surface area contributed by atoms with Crippen LogP contribution in [0.4, 0.5) is 0 Å². The summed E-state index contributed by atoms with van der Waals surface area (Å²) in [5.74, 6) is 0.970. The first-order valence-electron chi connectivity index (χ1n) is 8.37. The number of benzene rings is 1. The van der Waals surface area contributed by atoms with Crippen molar-refractivity contribution < 1.29 is 0 Å². The summed E-state index contributed by atoms with van der Waals surface area (Å²) < 4.78 is 0. The minimum Gasteiger partial charge on any atom is -0.352 e. The van der Waals surface area contributed by atoms with Gasteiger partial charge in [0.05, 0.1) is 13.3 Å². The molecule has 1 aromatic rings. The van der Waals surface area contributed by atoms with Crippen LogP contribution in [-0.4, -0.2) is 28.9 Å². The molecule has 0 radical (unpaired) electrons. The number of nitrogens with one attached hydrogen (secondary N) is 1. The zero-order chi connectivity index (χ0) is 17.1. The van der Waals surface area contributed by atoms with E-state index in [9.17, 15) is 0 Å². The highest BCUT2D eigenvalue weighted by Crippen LogP contribution is 2.31. The van der Waals surface area contributed by atoms with Crippen LogP contribution in [0.3, 0.4) is 0 Å². The van der Waals surface area contributed by atoms with E-state index in [1.54, 1.807) is 11.8 Å². The normalized spacial score (nSPS) is 16.2. The fourth-order valence-electron chi connectivity index (χ4n) is 3.17. The molecule has 0 fully saturated rings. The Bertz CT molecular complexity index is 547. The Kier molecular flexibility index (Phi) is 7.64. The molecule has 0 aliphatic carbocycles. The number of amidine groups is 1. The van der Waals surface area contributed by atoms with Crippen molar-refractivity contribution in [1.82, 2.24) is 10.2 Å². The molecule has 0 amide bonds. The van der Waals surface area contributed by atoms with Gasteiger partial charge in [0.25, 0.3) is 0 Å². The monoisotopic (exact) mass is 369 g/mol. The van der Waals surface area contributed by atoms with Crippen molar-refractivity contribution in [3.05, 3.63) is 35.4 Å². The first kappa shape index (κ1) is 21.3. The lowest BCUT2D eigenvalue weighted by Crippen LogP contribution is -2.53. The fraction of sp³-hybridized carbons (Fsp3) is 0.632. The van der Waals surface area contributed by atoms with Gasteiger partial charge in [-0.05, 0) is 38.2 Å². The Morgan fingerprint density at radius 2 is 1.75 bits per heavy atom. The number of thioether (sulfide) groups is 1. The third-order valence-electron chi connectivity index (χ3n) is 4.12. The molecule has 24 heavy (non-hydrogen) atoms. The molecule has 0 unspecified atom stereocenters. The molecule has 1 N–H and O–H groups in total. The van der Waals surface area contributed by atoms with Gasteiger partial charge in [-0.15, -0.1) is 12.4 Å². The molecular formula is C19H32ClN3S. The van der Waals surface area contributed by atoms with Crippen molar-refractivity contribution in [2.75, 3.05) is 13.3 Å². The molecule has 0 bridgehead atoms. The first-order chi connectivity index (χ1) is 10.7. The third kappa shape index (κ3) is 6.66. The van der Waals surface area contributed by atoms with Crippen LogP contribution in [0.5, 0.6) is 0 Å². The van der Waals surface area contributed by atoms with Gasteiger partial charge in [-0.25, -0.2) is 4.99 Å². The average Bonchev–Trinajstić information content (AvgIpc) is 2.45. The predicted octanol–water partition coefficient (Wildman–Crippen LogP) is 5.04. The molecule has 2 rings (SSSR count). The van der Waals surface area contributed by atoms with Gasteiger partial charge < -0.3 is 5.32 Å². The van der Waals surface area contributed by atoms with Crippen molar-refractivity contribution in [3.8, 4) is 0 Å². The maximum Gasteiger partial charge on any atom is 0.159 e. The van der Waals surface area contributed by atoms with Gasteiger partial charge in [0.2, 0.25) is 0 Å². The van der Waals surface area contributed by atoms with Crippen LogP contribution >= 0.6 is 24.2 Å². The summed E-state index contributed by atoms with van der Waals surface area (Å²) in [7, 11) is 0. The van der Waals surface area contributed by atoms with Crippen molar-refractivity contribution in [2.45, 2.75) is 59.3 Å². The van der Waals surface area contributed by atoms with Gasteiger partial charge in [0.15, 0.2) is 5.17 Å². The first-order valence-corrected chi connectivity index (χ1v) is 9.36. The highest BCUT2D eigenvalue weighted by molar-refractivity contribution is 8.13. The second-order valence-corrected chi connectivity index (χ2v) is 9.27. The van der Waals surface area contributed by atoms with Gasteiger partial charge in [0, 0.05) is 11.3 Å². The van der Waals surface area contributed by atoms with Crippen LogP contribution < -0.4 is 5.32 Å². The lowest BCUT2D eigenvalue weighted by molar-refractivity contribution is 0.0730. The molecule has 1 heterocycles. The summed E-state index contributed by atoms with van der Waals surface area (Å²) in [4.78, 5) is 7.16. The Labute approximate surface area is 158 Å². The van der Waals surface area contributed by atoms with E-state index < -0.39 is 0 Å². The topological polar surface area (TPSA) is 27.6 Å². The Hall–Kier alpha value is -0.710. The molecule has 3 nitrogen and oxygen atoms in total. The Balaban J connectivity index is 0.00000288. The van der Waals surface area contributed by atoms with E-state index in [4.69, 9.17) is 4.99 Å². The molecule has 0 aromatic heterocycles. The molecular weight excluding hydrogens is 338 g/mol. The molecule has 1 aliphatic heterocycles. The largest absolute Gasteiger partial charge is 0.352 e. The number of nitrogens with zero attached hydrogens (tertiary/aromatic N) is 2. The molecule has 0 saturated carbocycles. The Morgan fingerprint density at radius 3 is 2.25 bits per heavy atom. The van der Waals surface area contributed by atoms with Crippen LogP contribution in [0.2, 0.25) is 0 Å². The van der Waals surface area contributed by atoms with Crippen molar-refractivity contribution in [2.24, 2.45) is 10.4 Å². The molecule has 0 spiro atoms. The summed E-state index contributed by atoms with van der Waals surface area (Å²) in [6, 6.07) is 8.74. The number of rotatable bonds is 4. The highest BCUT2D eigenvalue weighted by atomic mass is 35.5. The van der Waals surface area contributed by atoms with Crippen LogP contribution in [0, 0.1) is 12.3 Å². The van der Waals surface area contributed by atoms with Crippen LogP contribution in [0.1, 0.15) is 52.2 Å².